The van der Waals surface area contributed by atoms with Crippen molar-refractivity contribution < 1.29 is 13.9 Å². The summed E-state index contributed by atoms with van der Waals surface area (Å²) in [5.74, 6) is 0.747. The third kappa shape index (κ3) is 7.86. The van der Waals surface area contributed by atoms with Crippen molar-refractivity contribution in [2.24, 2.45) is 10.9 Å². The standard InChI is InChI=1S/C18H27FN4O2.HI/c1-3-20-18(22-11-10-21-17(24)14-4-5-14)23-12-16(25-2)13-6-8-15(19)9-7-13;/h6-9,14,16H,3-5,10-12H2,1-2H3,(H,21,24)(H2,20,22,23);1H. The number of benzene rings is 1. The van der Waals surface area contributed by atoms with Crippen LogP contribution in [0.5, 0.6) is 0 Å². The van der Waals surface area contributed by atoms with E-state index in [4.69, 9.17) is 4.74 Å². The third-order valence-corrected chi connectivity index (χ3v) is 3.95. The second-order valence-electron chi connectivity index (χ2n) is 5.99. The Morgan fingerprint density at radius 2 is 1.88 bits per heavy atom. The van der Waals surface area contributed by atoms with Gasteiger partial charge in [-0.3, -0.25) is 9.79 Å². The molecule has 0 radical (unpaired) electrons. The van der Waals surface area contributed by atoms with E-state index in [1.165, 1.54) is 12.1 Å². The number of hydrogen-bond donors (Lipinski definition) is 3. The van der Waals surface area contributed by atoms with E-state index in [9.17, 15) is 9.18 Å². The average Bonchev–Trinajstić information content (AvgIpc) is 3.45. The number of nitrogens with one attached hydrogen (secondary N) is 3. The summed E-state index contributed by atoms with van der Waals surface area (Å²) >= 11 is 0. The minimum absolute atomic E-state index is 0. The third-order valence-electron chi connectivity index (χ3n) is 3.95. The molecule has 6 nitrogen and oxygen atoms in total. The van der Waals surface area contributed by atoms with Crippen LogP contribution in [0, 0.1) is 11.7 Å². The molecule has 26 heavy (non-hydrogen) atoms. The highest BCUT2D eigenvalue weighted by atomic mass is 127. The predicted octanol–water partition coefficient (Wildman–Crippen LogP) is 2.21. The molecule has 146 valence electrons. The lowest BCUT2D eigenvalue weighted by Gasteiger charge is -2.16. The van der Waals surface area contributed by atoms with Gasteiger partial charge in [0.1, 0.15) is 11.9 Å². The normalized spacial score (nSPS) is 15.0. The number of halogens is 2. The van der Waals surface area contributed by atoms with Gasteiger partial charge in [0.25, 0.3) is 0 Å². The smallest absolute Gasteiger partial charge is 0.223 e. The van der Waals surface area contributed by atoms with Crippen LogP contribution in [0.3, 0.4) is 0 Å². The van der Waals surface area contributed by atoms with Crippen molar-refractivity contribution in [3.63, 3.8) is 0 Å². The van der Waals surface area contributed by atoms with Crippen LogP contribution in [-0.4, -0.2) is 45.2 Å². The molecule has 0 heterocycles. The summed E-state index contributed by atoms with van der Waals surface area (Å²) < 4.78 is 18.5. The summed E-state index contributed by atoms with van der Waals surface area (Å²) in [5.41, 5.74) is 0.875. The van der Waals surface area contributed by atoms with Gasteiger partial charge in [0.15, 0.2) is 5.96 Å². The number of aliphatic imine (C=N–C) groups is 1. The molecule has 1 saturated carbocycles. The molecule has 8 heteroatoms. The number of carbonyl (C=O) groups excluding carboxylic acids is 1. The molecule has 0 spiro atoms. The van der Waals surface area contributed by atoms with Crippen LogP contribution in [0.1, 0.15) is 31.4 Å². The molecule has 0 saturated heterocycles. The van der Waals surface area contributed by atoms with Gasteiger partial charge in [0, 0.05) is 32.7 Å². The average molecular weight is 478 g/mol. The summed E-state index contributed by atoms with van der Waals surface area (Å²) in [6.45, 7) is 4.28. The second kappa shape index (κ2) is 12.1. The number of hydrogen-bond acceptors (Lipinski definition) is 3. The number of nitrogens with zero attached hydrogens (tertiary/aromatic N) is 1. The minimum Gasteiger partial charge on any atom is -0.375 e. The van der Waals surface area contributed by atoms with Crippen molar-refractivity contribution in [1.82, 2.24) is 16.0 Å². The Bertz CT molecular complexity index is 579. The highest BCUT2D eigenvalue weighted by Crippen LogP contribution is 2.28. The summed E-state index contributed by atoms with van der Waals surface area (Å²) in [6, 6.07) is 6.23. The van der Waals surface area contributed by atoms with E-state index in [2.05, 4.69) is 20.9 Å². The topological polar surface area (TPSA) is 74.8 Å². The largest absolute Gasteiger partial charge is 0.375 e. The Morgan fingerprint density at radius 1 is 1.23 bits per heavy atom. The Labute approximate surface area is 171 Å². The van der Waals surface area contributed by atoms with Gasteiger partial charge >= 0.3 is 0 Å². The molecule has 3 N–H and O–H groups in total. The fourth-order valence-corrected chi connectivity index (χ4v) is 2.37. The maximum absolute atomic E-state index is 13.0. The monoisotopic (exact) mass is 478 g/mol. The number of methoxy groups -OCH3 is 1. The van der Waals surface area contributed by atoms with Gasteiger partial charge in [0.2, 0.25) is 5.91 Å². The minimum atomic E-state index is -0.273. The van der Waals surface area contributed by atoms with Crippen LogP contribution >= 0.6 is 24.0 Å². The molecule has 1 aromatic carbocycles. The fourth-order valence-electron chi connectivity index (χ4n) is 2.37. The lowest BCUT2D eigenvalue weighted by atomic mass is 10.1. The van der Waals surface area contributed by atoms with Crippen molar-refractivity contribution in [2.45, 2.75) is 25.9 Å². The molecule has 1 aromatic rings. The van der Waals surface area contributed by atoms with Gasteiger partial charge in [-0.25, -0.2) is 4.39 Å². The van der Waals surface area contributed by atoms with Crippen molar-refractivity contribution in [3.05, 3.63) is 35.6 Å². The van der Waals surface area contributed by atoms with Gasteiger partial charge < -0.3 is 20.7 Å². The first-order valence-corrected chi connectivity index (χ1v) is 8.72. The molecule has 1 amide bonds. The van der Waals surface area contributed by atoms with E-state index in [1.807, 2.05) is 6.92 Å². The van der Waals surface area contributed by atoms with Gasteiger partial charge in [-0.1, -0.05) is 12.1 Å². The summed E-state index contributed by atoms with van der Waals surface area (Å²) in [4.78, 5) is 16.1. The molecule has 1 aliphatic carbocycles. The zero-order valence-corrected chi connectivity index (χ0v) is 17.6. The van der Waals surface area contributed by atoms with Crippen LogP contribution in [0.4, 0.5) is 4.39 Å². The molecule has 1 unspecified atom stereocenters. The zero-order valence-electron chi connectivity index (χ0n) is 15.3. The molecule has 1 atom stereocenters. The summed E-state index contributed by atoms with van der Waals surface area (Å²) in [5, 5.41) is 9.25. The predicted molar refractivity (Wildman–Crippen MR) is 111 cm³/mol. The summed E-state index contributed by atoms with van der Waals surface area (Å²) in [7, 11) is 1.61. The van der Waals surface area contributed by atoms with E-state index < -0.39 is 0 Å². The van der Waals surface area contributed by atoms with E-state index in [1.54, 1.807) is 19.2 Å². The summed E-state index contributed by atoms with van der Waals surface area (Å²) in [6.07, 6.45) is 1.77. The van der Waals surface area contributed by atoms with Crippen LogP contribution in [0.15, 0.2) is 29.3 Å². The molecule has 2 rings (SSSR count). The van der Waals surface area contributed by atoms with Crippen molar-refractivity contribution >= 4 is 35.8 Å². The van der Waals surface area contributed by atoms with Crippen molar-refractivity contribution in [1.29, 1.82) is 0 Å². The van der Waals surface area contributed by atoms with Gasteiger partial charge in [-0.15, -0.1) is 24.0 Å². The van der Waals surface area contributed by atoms with Crippen molar-refractivity contribution in [3.8, 4) is 0 Å². The zero-order chi connectivity index (χ0) is 18.1. The maximum atomic E-state index is 13.0. The van der Waals surface area contributed by atoms with Gasteiger partial charge in [0.05, 0.1) is 6.54 Å². The Kier molecular flexibility index (Phi) is 10.5. The Morgan fingerprint density at radius 3 is 2.46 bits per heavy atom. The lowest BCUT2D eigenvalue weighted by molar-refractivity contribution is -0.122. The van der Waals surface area contributed by atoms with E-state index in [-0.39, 0.29) is 47.7 Å². The van der Waals surface area contributed by atoms with Crippen LogP contribution < -0.4 is 16.0 Å². The number of carbonyl (C=O) groups is 1. The molecule has 1 aliphatic rings. The van der Waals surface area contributed by atoms with E-state index in [0.29, 0.717) is 25.6 Å². The van der Waals surface area contributed by atoms with Crippen LogP contribution in [0.2, 0.25) is 0 Å². The quantitative estimate of drug-likeness (QED) is 0.220. The SMILES string of the molecule is CCNC(=NCC(OC)c1ccc(F)cc1)NCCNC(=O)C1CC1.I. The lowest BCUT2D eigenvalue weighted by Crippen LogP contribution is -2.42. The molecular formula is C18H28FIN4O2. The fraction of sp³-hybridized carbons (Fsp3) is 0.556. The second-order valence-corrected chi connectivity index (χ2v) is 5.99. The highest BCUT2D eigenvalue weighted by Gasteiger charge is 2.28. The number of guanidine groups is 1. The van der Waals surface area contributed by atoms with Gasteiger partial charge in [-0.05, 0) is 37.5 Å². The Hall–Kier alpha value is -1.42. The van der Waals surface area contributed by atoms with Crippen LogP contribution in [-0.2, 0) is 9.53 Å². The number of rotatable bonds is 9. The highest BCUT2D eigenvalue weighted by molar-refractivity contribution is 14.0. The first-order chi connectivity index (χ1) is 12.1. The molecule has 1 fully saturated rings. The molecular weight excluding hydrogens is 450 g/mol. The molecule has 0 bridgehead atoms. The molecule has 0 aromatic heterocycles. The molecule has 0 aliphatic heterocycles. The number of amides is 1. The van der Waals surface area contributed by atoms with Crippen LogP contribution in [0.25, 0.3) is 0 Å². The van der Waals surface area contributed by atoms with Crippen molar-refractivity contribution in [2.75, 3.05) is 33.3 Å². The maximum Gasteiger partial charge on any atom is 0.223 e. The van der Waals surface area contributed by atoms with E-state index >= 15 is 0 Å². The Balaban J connectivity index is 0.00000338. The van der Waals surface area contributed by atoms with E-state index in [0.717, 1.165) is 24.9 Å². The van der Waals surface area contributed by atoms with Gasteiger partial charge in [-0.2, -0.15) is 0 Å². The number of ether oxygens (including phenoxy) is 1. The first-order valence-electron chi connectivity index (χ1n) is 8.72. The first kappa shape index (κ1) is 22.6.